The normalized spacial score (nSPS) is 14.8. The Morgan fingerprint density at radius 1 is 0.590 bits per heavy atom. The molecule has 0 aromatic heterocycles. The molecule has 196 valence electrons. The van der Waals surface area contributed by atoms with Gasteiger partial charge in [-0.2, -0.15) is 0 Å². The van der Waals surface area contributed by atoms with Crippen molar-refractivity contribution in [3.05, 3.63) is 154 Å². The maximum Gasteiger partial charge on any atom is 0.0673 e. The lowest BCUT2D eigenvalue weighted by molar-refractivity contribution is 0.563. The van der Waals surface area contributed by atoms with Crippen LogP contribution in [0.2, 0.25) is 0 Å². The summed E-state index contributed by atoms with van der Waals surface area (Å²) < 4.78 is 0. The second kappa shape index (κ2) is 9.23. The lowest BCUT2D eigenvalue weighted by Gasteiger charge is -2.42. The summed E-state index contributed by atoms with van der Waals surface area (Å²) in [5.74, 6) is 0. The number of fused-ring (bicyclic) bond motifs is 3. The molecule has 0 N–H and O–H groups in total. The largest absolute Gasteiger partial charge is 0.0804 e. The minimum Gasteiger partial charge on any atom is -0.0804 e. The van der Waals surface area contributed by atoms with Crippen LogP contribution in [-0.2, 0) is 22.7 Å². The molecule has 6 rings (SSSR count). The quantitative estimate of drug-likeness (QED) is 0.212. The first-order valence-corrected chi connectivity index (χ1v) is 14.4. The Morgan fingerprint density at radius 2 is 1.21 bits per heavy atom. The maximum atomic E-state index is 2.47. The molecular formula is C39H40. The van der Waals surface area contributed by atoms with E-state index >= 15 is 0 Å². The molecule has 4 aromatic carbocycles. The molecule has 0 unspecified atom stereocenters. The first-order valence-electron chi connectivity index (χ1n) is 14.4. The van der Waals surface area contributed by atoms with E-state index in [2.05, 4.69) is 151 Å². The van der Waals surface area contributed by atoms with Crippen LogP contribution in [0.25, 0.3) is 11.1 Å². The molecular weight excluding hydrogens is 468 g/mol. The zero-order valence-corrected chi connectivity index (χ0v) is 24.3. The Hall–Kier alpha value is -3.64. The first kappa shape index (κ1) is 25.6. The van der Waals surface area contributed by atoms with E-state index in [1.807, 2.05) is 0 Å². The minimum absolute atomic E-state index is 0.0168. The highest BCUT2D eigenvalue weighted by molar-refractivity contribution is 5.82. The number of hydrogen-bond donors (Lipinski definition) is 0. The van der Waals surface area contributed by atoms with Gasteiger partial charge in [-0.1, -0.05) is 151 Å². The first-order chi connectivity index (χ1) is 18.6. The average molecular weight is 509 g/mol. The molecule has 39 heavy (non-hydrogen) atoms. The standard InChI is InChI=1S/C39H40/c1-37(2,3)31-21-22-32-27(25-31)26-34-33(32)23-24-35(38(4,5)6)36(34)39(30-19-13-14-20-30,28-15-9-7-10-16-28)29-17-11-8-12-18-29/h7-19,21-25H,20,26H2,1-6H3. The molecule has 0 heterocycles. The van der Waals surface area contributed by atoms with E-state index in [1.165, 1.54) is 55.6 Å². The zero-order chi connectivity index (χ0) is 27.4. The maximum absolute atomic E-state index is 2.47. The Bertz CT molecular complexity index is 1540. The van der Waals surface area contributed by atoms with Gasteiger partial charge in [-0.25, -0.2) is 0 Å². The molecule has 0 radical (unpaired) electrons. The topological polar surface area (TPSA) is 0 Å². The van der Waals surface area contributed by atoms with Crippen molar-refractivity contribution in [2.24, 2.45) is 0 Å². The molecule has 0 fully saturated rings. The van der Waals surface area contributed by atoms with Gasteiger partial charge in [0.2, 0.25) is 0 Å². The fraction of sp³-hybridized carbons (Fsp3) is 0.282. The van der Waals surface area contributed by atoms with Crippen LogP contribution in [0.5, 0.6) is 0 Å². The van der Waals surface area contributed by atoms with Gasteiger partial charge in [0.25, 0.3) is 0 Å². The van der Waals surface area contributed by atoms with Gasteiger partial charge in [0, 0.05) is 0 Å². The van der Waals surface area contributed by atoms with Crippen LogP contribution in [0.4, 0.5) is 0 Å². The van der Waals surface area contributed by atoms with E-state index < -0.39 is 0 Å². The molecule has 2 aliphatic rings. The van der Waals surface area contributed by atoms with Gasteiger partial charge in [-0.05, 0) is 79.3 Å². The van der Waals surface area contributed by atoms with Gasteiger partial charge in [0.15, 0.2) is 0 Å². The molecule has 0 saturated heterocycles. The fourth-order valence-corrected chi connectivity index (χ4v) is 6.89. The SMILES string of the molecule is CC(C)(C)c1ccc2c(c1)Cc1c-2ccc(C(C)(C)C)c1C(C1=CC=CC1)(c1ccccc1)c1ccccc1. The van der Waals surface area contributed by atoms with E-state index in [-0.39, 0.29) is 16.2 Å². The molecule has 0 atom stereocenters. The highest BCUT2D eigenvalue weighted by Crippen LogP contribution is 2.55. The van der Waals surface area contributed by atoms with Crippen molar-refractivity contribution in [3.8, 4) is 11.1 Å². The molecule has 0 amide bonds. The van der Waals surface area contributed by atoms with Crippen LogP contribution < -0.4 is 0 Å². The van der Waals surface area contributed by atoms with Crippen molar-refractivity contribution in [1.29, 1.82) is 0 Å². The van der Waals surface area contributed by atoms with Gasteiger partial charge < -0.3 is 0 Å². The summed E-state index contributed by atoms with van der Waals surface area (Å²) in [6.07, 6.45) is 8.88. The van der Waals surface area contributed by atoms with Gasteiger partial charge in [-0.15, -0.1) is 0 Å². The monoisotopic (exact) mass is 508 g/mol. The molecule has 0 bridgehead atoms. The summed E-state index contributed by atoms with van der Waals surface area (Å²) in [6, 6.07) is 34.5. The Kier molecular flexibility index (Phi) is 6.07. The predicted octanol–water partition coefficient (Wildman–Crippen LogP) is 10.1. The Morgan fingerprint density at radius 3 is 1.74 bits per heavy atom. The fourth-order valence-electron chi connectivity index (χ4n) is 6.89. The van der Waals surface area contributed by atoms with Crippen molar-refractivity contribution in [3.63, 3.8) is 0 Å². The molecule has 0 aliphatic heterocycles. The molecule has 0 spiro atoms. The van der Waals surface area contributed by atoms with Crippen molar-refractivity contribution < 1.29 is 0 Å². The summed E-state index contributed by atoms with van der Waals surface area (Å²) in [7, 11) is 0. The zero-order valence-electron chi connectivity index (χ0n) is 24.3. The van der Waals surface area contributed by atoms with Crippen molar-refractivity contribution >= 4 is 0 Å². The van der Waals surface area contributed by atoms with Crippen LogP contribution in [0.3, 0.4) is 0 Å². The number of hydrogen-bond acceptors (Lipinski definition) is 0. The second-order valence-electron chi connectivity index (χ2n) is 13.4. The average Bonchev–Trinajstić information content (AvgIpc) is 3.58. The van der Waals surface area contributed by atoms with Crippen molar-refractivity contribution in [2.45, 2.75) is 70.6 Å². The van der Waals surface area contributed by atoms with Gasteiger partial charge >= 0.3 is 0 Å². The van der Waals surface area contributed by atoms with Crippen LogP contribution in [0, 0.1) is 0 Å². The number of rotatable bonds is 4. The van der Waals surface area contributed by atoms with E-state index in [0.29, 0.717) is 0 Å². The summed E-state index contributed by atoms with van der Waals surface area (Å²) in [6.45, 7) is 14.1. The van der Waals surface area contributed by atoms with E-state index in [4.69, 9.17) is 0 Å². The molecule has 4 aromatic rings. The van der Waals surface area contributed by atoms with Gasteiger partial charge in [0.1, 0.15) is 0 Å². The minimum atomic E-state index is -0.380. The third-order valence-electron chi connectivity index (χ3n) is 8.79. The molecule has 0 nitrogen and oxygen atoms in total. The summed E-state index contributed by atoms with van der Waals surface area (Å²) in [5.41, 5.74) is 13.9. The molecule has 0 heteroatoms. The number of benzene rings is 4. The van der Waals surface area contributed by atoms with Crippen LogP contribution in [-0.4, -0.2) is 0 Å². The molecule has 0 saturated carbocycles. The Labute approximate surface area is 235 Å². The lowest BCUT2D eigenvalue weighted by atomic mass is 9.59. The number of allylic oxidation sites excluding steroid dienone is 4. The van der Waals surface area contributed by atoms with Crippen LogP contribution in [0.15, 0.2) is 115 Å². The second-order valence-corrected chi connectivity index (χ2v) is 13.4. The Balaban J connectivity index is 1.74. The van der Waals surface area contributed by atoms with E-state index in [1.54, 1.807) is 0 Å². The van der Waals surface area contributed by atoms with Gasteiger partial charge in [-0.3, -0.25) is 0 Å². The summed E-state index contributed by atoms with van der Waals surface area (Å²) in [4.78, 5) is 0. The molecule has 2 aliphatic carbocycles. The van der Waals surface area contributed by atoms with Crippen LogP contribution in [0.1, 0.15) is 86.9 Å². The predicted molar refractivity (Wildman–Crippen MR) is 167 cm³/mol. The smallest absolute Gasteiger partial charge is 0.0673 e. The van der Waals surface area contributed by atoms with Gasteiger partial charge in [0.05, 0.1) is 5.41 Å². The summed E-state index contributed by atoms with van der Waals surface area (Å²) >= 11 is 0. The third kappa shape index (κ3) is 4.13. The third-order valence-corrected chi connectivity index (χ3v) is 8.79. The lowest BCUT2D eigenvalue weighted by Crippen LogP contribution is -2.36. The highest BCUT2D eigenvalue weighted by Gasteiger charge is 2.45. The van der Waals surface area contributed by atoms with Crippen molar-refractivity contribution in [1.82, 2.24) is 0 Å². The van der Waals surface area contributed by atoms with Crippen LogP contribution >= 0.6 is 0 Å². The highest BCUT2D eigenvalue weighted by atomic mass is 14.5. The van der Waals surface area contributed by atoms with Crippen molar-refractivity contribution in [2.75, 3.05) is 0 Å². The van der Waals surface area contributed by atoms with E-state index in [0.717, 1.165) is 12.8 Å². The van der Waals surface area contributed by atoms with E-state index in [9.17, 15) is 0 Å². The summed E-state index contributed by atoms with van der Waals surface area (Å²) in [5, 5.41) is 0.